The molecule has 0 bridgehead atoms. The number of halogens is 1. The highest BCUT2D eigenvalue weighted by Crippen LogP contribution is 2.17. The van der Waals surface area contributed by atoms with Crippen LogP contribution in [0.5, 0.6) is 0 Å². The molecule has 0 spiro atoms. The van der Waals surface area contributed by atoms with Gasteiger partial charge in [0.25, 0.3) is 0 Å². The maximum absolute atomic E-state index is 5.92. The van der Waals surface area contributed by atoms with E-state index in [9.17, 15) is 0 Å². The summed E-state index contributed by atoms with van der Waals surface area (Å²) in [6.07, 6.45) is 0.112. The topological polar surface area (TPSA) is 39.9 Å². The van der Waals surface area contributed by atoms with Crippen LogP contribution >= 0.6 is 11.6 Å². The summed E-state index contributed by atoms with van der Waals surface area (Å²) in [6, 6.07) is 0. The second kappa shape index (κ2) is 4.75. The average molecular weight is 218 g/mol. The van der Waals surface area contributed by atoms with Gasteiger partial charge in [-0.25, -0.2) is 0 Å². The molecule has 5 heteroatoms. The number of ether oxygens (including phenoxy) is 1. The molecule has 0 aliphatic rings. The molecule has 1 aromatic heterocycles. The zero-order valence-corrected chi connectivity index (χ0v) is 9.75. The van der Waals surface area contributed by atoms with Gasteiger partial charge < -0.3 is 4.74 Å². The first-order chi connectivity index (χ1) is 6.56. The van der Waals surface area contributed by atoms with Crippen LogP contribution in [-0.4, -0.2) is 28.0 Å². The summed E-state index contributed by atoms with van der Waals surface area (Å²) in [5.74, 6) is 1.22. The van der Waals surface area contributed by atoms with Crippen LogP contribution in [0.25, 0.3) is 0 Å². The van der Waals surface area contributed by atoms with Gasteiger partial charge in [-0.2, -0.15) is 0 Å². The summed E-state index contributed by atoms with van der Waals surface area (Å²) in [5, 5.41) is 8.30. The second-order valence-corrected chi connectivity index (χ2v) is 3.98. The molecule has 1 heterocycles. The Morgan fingerprint density at radius 3 is 2.50 bits per heavy atom. The van der Waals surface area contributed by atoms with Crippen LogP contribution in [0.2, 0.25) is 5.28 Å². The zero-order valence-electron chi connectivity index (χ0n) is 8.99. The molecule has 1 atom stereocenters. The Morgan fingerprint density at radius 1 is 1.36 bits per heavy atom. The van der Waals surface area contributed by atoms with Crippen LogP contribution in [-0.2, 0) is 11.3 Å². The van der Waals surface area contributed by atoms with E-state index < -0.39 is 0 Å². The molecule has 0 saturated carbocycles. The van der Waals surface area contributed by atoms with E-state index in [0.717, 1.165) is 5.82 Å². The minimum absolute atomic E-state index is 0.112. The number of hydrogen-bond acceptors (Lipinski definition) is 3. The molecule has 0 aromatic carbocycles. The molecule has 0 aliphatic carbocycles. The van der Waals surface area contributed by atoms with Crippen molar-refractivity contribution in [3.63, 3.8) is 0 Å². The van der Waals surface area contributed by atoms with Gasteiger partial charge in [-0.3, -0.25) is 4.57 Å². The zero-order chi connectivity index (χ0) is 10.7. The first kappa shape index (κ1) is 11.5. The lowest BCUT2D eigenvalue weighted by molar-refractivity contribution is 0.102. The van der Waals surface area contributed by atoms with Crippen molar-refractivity contribution in [2.45, 2.75) is 39.3 Å². The van der Waals surface area contributed by atoms with Gasteiger partial charge in [-0.1, -0.05) is 13.8 Å². The molecule has 0 radical (unpaired) electrons. The molecular formula is C9H16ClN3O. The molecule has 80 valence electrons. The summed E-state index contributed by atoms with van der Waals surface area (Å²) in [5.41, 5.74) is 0. The Hall–Kier alpha value is -0.610. The van der Waals surface area contributed by atoms with Crippen LogP contribution in [0.15, 0.2) is 0 Å². The predicted molar refractivity (Wildman–Crippen MR) is 55.6 cm³/mol. The maximum atomic E-state index is 5.92. The lowest BCUT2D eigenvalue weighted by Gasteiger charge is -2.14. The Morgan fingerprint density at radius 2 is 2.00 bits per heavy atom. The molecule has 0 N–H and O–H groups in total. The summed E-state index contributed by atoms with van der Waals surface area (Å²) in [6.45, 7) is 6.80. The number of aromatic nitrogens is 3. The van der Waals surface area contributed by atoms with Crippen molar-refractivity contribution in [2.24, 2.45) is 0 Å². The monoisotopic (exact) mass is 217 g/mol. The van der Waals surface area contributed by atoms with Gasteiger partial charge in [0.1, 0.15) is 5.82 Å². The summed E-state index contributed by atoms with van der Waals surface area (Å²) in [4.78, 5) is 0. The van der Waals surface area contributed by atoms with Crippen LogP contribution in [0.3, 0.4) is 0 Å². The summed E-state index contributed by atoms with van der Waals surface area (Å²) in [7, 11) is 1.68. The van der Waals surface area contributed by atoms with E-state index in [4.69, 9.17) is 16.3 Å². The number of nitrogens with zero attached hydrogens (tertiary/aromatic N) is 3. The molecule has 0 saturated heterocycles. The molecule has 0 amide bonds. The first-order valence-electron chi connectivity index (χ1n) is 4.67. The molecule has 4 nitrogen and oxygen atoms in total. The highest BCUT2D eigenvalue weighted by molar-refractivity contribution is 6.28. The molecular weight excluding hydrogens is 202 g/mol. The van der Waals surface area contributed by atoms with E-state index in [1.807, 2.05) is 11.5 Å². The highest BCUT2D eigenvalue weighted by Gasteiger charge is 2.15. The van der Waals surface area contributed by atoms with Crippen molar-refractivity contribution in [1.82, 2.24) is 14.8 Å². The fourth-order valence-electron chi connectivity index (χ4n) is 1.22. The predicted octanol–water partition coefficient (Wildman–Crippen LogP) is 2.09. The molecule has 0 aliphatic heterocycles. The van der Waals surface area contributed by atoms with Crippen LogP contribution in [0, 0.1) is 0 Å². The SMILES string of the molecule is COC(C)Cn1c(Cl)nnc1C(C)C. The van der Waals surface area contributed by atoms with E-state index in [2.05, 4.69) is 24.0 Å². The van der Waals surface area contributed by atoms with Crippen molar-refractivity contribution < 1.29 is 4.74 Å². The van der Waals surface area contributed by atoms with E-state index in [0.29, 0.717) is 17.7 Å². The number of methoxy groups -OCH3 is 1. The van der Waals surface area contributed by atoms with Gasteiger partial charge >= 0.3 is 0 Å². The lowest BCUT2D eigenvalue weighted by Crippen LogP contribution is -2.17. The van der Waals surface area contributed by atoms with Gasteiger partial charge in [-0.05, 0) is 18.5 Å². The van der Waals surface area contributed by atoms with Gasteiger partial charge in [0.15, 0.2) is 0 Å². The van der Waals surface area contributed by atoms with Gasteiger partial charge in [-0.15, -0.1) is 10.2 Å². The van der Waals surface area contributed by atoms with Crippen molar-refractivity contribution in [3.8, 4) is 0 Å². The minimum Gasteiger partial charge on any atom is -0.380 e. The van der Waals surface area contributed by atoms with Crippen molar-refractivity contribution in [2.75, 3.05) is 7.11 Å². The lowest BCUT2D eigenvalue weighted by atomic mass is 10.2. The Labute approximate surface area is 89.2 Å². The summed E-state index contributed by atoms with van der Waals surface area (Å²) < 4.78 is 7.07. The maximum Gasteiger partial charge on any atom is 0.225 e. The van der Waals surface area contributed by atoms with Crippen molar-refractivity contribution in [1.29, 1.82) is 0 Å². The van der Waals surface area contributed by atoms with Gasteiger partial charge in [0, 0.05) is 13.0 Å². The van der Waals surface area contributed by atoms with E-state index in [1.165, 1.54) is 0 Å². The fourth-order valence-corrected chi connectivity index (χ4v) is 1.42. The Kier molecular flexibility index (Phi) is 3.89. The quantitative estimate of drug-likeness (QED) is 0.776. The average Bonchev–Trinajstić information content (AvgIpc) is 2.48. The standard InChI is InChI=1S/C9H16ClN3O/c1-6(2)8-11-12-9(10)13(8)5-7(3)14-4/h6-7H,5H2,1-4H3. The third-order valence-corrected chi connectivity index (χ3v) is 2.37. The third-order valence-electron chi connectivity index (χ3n) is 2.09. The normalized spacial score (nSPS) is 13.6. The Balaban J connectivity index is 2.88. The largest absolute Gasteiger partial charge is 0.380 e. The first-order valence-corrected chi connectivity index (χ1v) is 5.05. The molecule has 1 unspecified atom stereocenters. The number of hydrogen-bond donors (Lipinski definition) is 0. The molecule has 0 fully saturated rings. The van der Waals surface area contributed by atoms with E-state index in [1.54, 1.807) is 7.11 Å². The van der Waals surface area contributed by atoms with Gasteiger partial charge in [0.2, 0.25) is 5.28 Å². The highest BCUT2D eigenvalue weighted by atomic mass is 35.5. The van der Waals surface area contributed by atoms with Crippen LogP contribution in [0.1, 0.15) is 32.5 Å². The third kappa shape index (κ3) is 2.45. The van der Waals surface area contributed by atoms with E-state index in [-0.39, 0.29) is 6.10 Å². The smallest absolute Gasteiger partial charge is 0.225 e. The summed E-state index contributed by atoms with van der Waals surface area (Å²) >= 11 is 5.92. The molecule has 1 aromatic rings. The minimum atomic E-state index is 0.112. The second-order valence-electron chi connectivity index (χ2n) is 3.64. The molecule has 14 heavy (non-hydrogen) atoms. The van der Waals surface area contributed by atoms with Gasteiger partial charge in [0.05, 0.1) is 12.6 Å². The van der Waals surface area contributed by atoms with Crippen molar-refractivity contribution >= 4 is 11.6 Å². The number of rotatable bonds is 4. The van der Waals surface area contributed by atoms with Crippen LogP contribution < -0.4 is 0 Å². The van der Waals surface area contributed by atoms with Crippen LogP contribution in [0.4, 0.5) is 0 Å². The fraction of sp³-hybridized carbons (Fsp3) is 0.778. The van der Waals surface area contributed by atoms with Crippen molar-refractivity contribution in [3.05, 3.63) is 11.1 Å². The van der Waals surface area contributed by atoms with E-state index >= 15 is 0 Å². The molecule has 1 rings (SSSR count). The Bertz CT molecular complexity index is 298.